The first-order chi connectivity index (χ1) is 34.6. The lowest BCUT2D eigenvalue weighted by atomic mass is 9.85. The first kappa shape index (κ1) is 48.1. The van der Waals surface area contributed by atoms with E-state index < -0.39 is 0 Å². The van der Waals surface area contributed by atoms with Crippen molar-refractivity contribution in [2.45, 2.75) is 118 Å². The van der Waals surface area contributed by atoms with Crippen LogP contribution < -0.4 is 24.2 Å². The number of hydrogen-bond acceptors (Lipinski definition) is 5. The van der Waals surface area contributed by atoms with Crippen molar-refractivity contribution in [1.29, 1.82) is 0 Å². The summed E-state index contributed by atoms with van der Waals surface area (Å²) < 4.78 is 13.0. The zero-order valence-corrected chi connectivity index (χ0v) is 45.3. The second-order valence-electron chi connectivity index (χ2n) is 24.7. The lowest BCUT2D eigenvalue weighted by molar-refractivity contribution is 0.297. The summed E-state index contributed by atoms with van der Waals surface area (Å²) in [4.78, 5) is 7.48. The molecule has 3 aliphatic rings. The average molecular weight is 962 g/mol. The molecule has 0 N–H and O–H groups in total. The van der Waals surface area contributed by atoms with Gasteiger partial charge < -0.3 is 24.2 Å². The van der Waals surface area contributed by atoms with E-state index in [-0.39, 0.29) is 21.7 Å². The third-order valence-electron chi connectivity index (χ3n) is 15.1. The van der Waals surface area contributed by atoms with E-state index in [9.17, 15) is 0 Å². The molecule has 5 nitrogen and oxygen atoms in total. The summed E-state index contributed by atoms with van der Waals surface area (Å²) in [5.41, 5.74) is 23.3. The molecule has 370 valence electrons. The number of ether oxygens (including phenoxy) is 2. The van der Waals surface area contributed by atoms with Crippen LogP contribution in [0, 0.1) is 6.92 Å². The molecule has 0 unspecified atom stereocenters. The van der Waals surface area contributed by atoms with Crippen molar-refractivity contribution in [2.24, 2.45) is 0 Å². The molecule has 73 heavy (non-hydrogen) atoms. The van der Waals surface area contributed by atoms with Crippen LogP contribution in [-0.2, 0) is 21.7 Å². The summed E-state index contributed by atoms with van der Waals surface area (Å²) >= 11 is 0. The molecule has 0 fully saturated rings. The second-order valence-corrected chi connectivity index (χ2v) is 24.7. The highest BCUT2D eigenvalue weighted by Gasteiger charge is 2.41. The molecule has 0 spiro atoms. The van der Waals surface area contributed by atoms with E-state index in [1.54, 1.807) is 0 Å². The Labute approximate surface area is 435 Å². The molecule has 0 bridgehead atoms. The zero-order valence-electron chi connectivity index (χ0n) is 45.3. The van der Waals surface area contributed by atoms with E-state index in [0.29, 0.717) is 13.2 Å². The van der Waals surface area contributed by atoms with Crippen molar-refractivity contribution < 1.29 is 9.47 Å². The third kappa shape index (κ3) is 8.85. The molecule has 8 aromatic carbocycles. The predicted molar refractivity (Wildman–Crippen MR) is 309 cm³/mol. The van der Waals surface area contributed by atoms with Crippen LogP contribution in [0.15, 0.2) is 158 Å². The van der Waals surface area contributed by atoms with E-state index in [1.807, 2.05) is 0 Å². The van der Waals surface area contributed by atoms with Gasteiger partial charge in [-0.3, -0.25) is 0 Å². The van der Waals surface area contributed by atoms with Gasteiger partial charge in [0.1, 0.15) is 0 Å². The molecule has 11 rings (SSSR count). The maximum Gasteiger partial charge on any atom is 0.163 e. The van der Waals surface area contributed by atoms with E-state index >= 15 is 0 Å². The number of benzene rings is 8. The number of fused-ring (bicyclic) bond motifs is 5. The van der Waals surface area contributed by atoms with E-state index in [2.05, 4.69) is 262 Å². The molecule has 0 aromatic heterocycles. The Morgan fingerprint density at radius 1 is 0.315 bits per heavy atom. The molecule has 3 aliphatic heterocycles. The topological polar surface area (TPSA) is 28.2 Å². The van der Waals surface area contributed by atoms with E-state index in [4.69, 9.17) is 9.47 Å². The van der Waals surface area contributed by atoms with Gasteiger partial charge in [0.15, 0.2) is 11.5 Å². The number of nitrogens with zero attached hydrogens (tertiary/aromatic N) is 3. The molecule has 5 heteroatoms. The molecule has 0 atom stereocenters. The summed E-state index contributed by atoms with van der Waals surface area (Å²) in [6.07, 6.45) is 0.824. The molecular formula is C68H71N3O2. The van der Waals surface area contributed by atoms with E-state index in [0.717, 1.165) is 91.4 Å². The van der Waals surface area contributed by atoms with Crippen molar-refractivity contribution in [3.05, 3.63) is 186 Å². The van der Waals surface area contributed by atoms with Crippen molar-refractivity contribution in [1.82, 2.24) is 0 Å². The van der Waals surface area contributed by atoms with Gasteiger partial charge in [0.2, 0.25) is 0 Å². The molecule has 0 aliphatic carbocycles. The van der Waals surface area contributed by atoms with Gasteiger partial charge >= 0.3 is 0 Å². The van der Waals surface area contributed by atoms with Gasteiger partial charge in [-0.25, -0.2) is 0 Å². The second kappa shape index (κ2) is 17.5. The predicted octanol–water partition coefficient (Wildman–Crippen LogP) is 19.4. The van der Waals surface area contributed by atoms with Crippen LogP contribution >= 0.6 is 0 Å². The minimum atomic E-state index is 0.00841. The summed E-state index contributed by atoms with van der Waals surface area (Å²) in [7, 11) is 0. The maximum atomic E-state index is 6.53. The van der Waals surface area contributed by atoms with Crippen molar-refractivity contribution in [3.63, 3.8) is 0 Å². The normalized spacial score (nSPS) is 14.3. The number of rotatable bonds is 5. The van der Waals surface area contributed by atoms with Crippen LogP contribution in [0.3, 0.4) is 0 Å². The smallest absolute Gasteiger partial charge is 0.163 e. The maximum absolute atomic E-state index is 6.53. The van der Waals surface area contributed by atoms with Gasteiger partial charge in [-0.2, -0.15) is 0 Å². The number of anilines is 9. The van der Waals surface area contributed by atoms with Gasteiger partial charge in [0.25, 0.3) is 0 Å². The minimum absolute atomic E-state index is 0.00841. The Hall–Kier alpha value is -7.24. The molecule has 0 amide bonds. The lowest BCUT2D eigenvalue weighted by Gasteiger charge is -2.47. The Morgan fingerprint density at radius 3 is 1.12 bits per heavy atom. The zero-order chi connectivity index (χ0) is 51.4. The fourth-order valence-electron chi connectivity index (χ4n) is 10.8. The molecular weight excluding hydrogens is 891 g/mol. The highest BCUT2D eigenvalue weighted by molar-refractivity contribution is 6.13. The number of hydrogen-bond donors (Lipinski definition) is 0. The molecule has 8 aromatic rings. The third-order valence-corrected chi connectivity index (χ3v) is 15.1. The van der Waals surface area contributed by atoms with Crippen LogP contribution in [0.1, 0.15) is 117 Å². The fraction of sp³-hybridized carbons (Fsp3) is 0.294. The Morgan fingerprint density at radius 2 is 0.685 bits per heavy atom. The highest BCUT2D eigenvalue weighted by atomic mass is 16.5. The van der Waals surface area contributed by atoms with Crippen LogP contribution in [0.2, 0.25) is 0 Å². The minimum Gasteiger partial charge on any atom is -0.489 e. The van der Waals surface area contributed by atoms with Gasteiger partial charge in [-0.1, -0.05) is 174 Å². The van der Waals surface area contributed by atoms with Crippen molar-refractivity contribution in [3.8, 4) is 44.9 Å². The van der Waals surface area contributed by atoms with Gasteiger partial charge in [0.05, 0.1) is 53.0 Å². The van der Waals surface area contributed by atoms with Crippen LogP contribution in [0.5, 0.6) is 11.5 Å². The SMILES string of the molecule is Cc1cc2c3c(c1)N(c1ccc(C(C)(C)C)cc1)c1cc4c(cc1N3c1ccc(-c3ccc(C(C)(C)C)cc3)cc1N2c1cc(-c2ccc(C(C)(C)C)cc2)cc(-c2ccc(C(C)(C)C)cc2)c1)OCCCO4. The Balaban J connectivity index is 1.20. The monoisotopic (exact) mass is 962 g/mol. The summed E-state index contributed by atoms with van der Waals surface area (Å²) in [6.45, 7) is 30.8. The van der Waals surface area contributed by atoms with Gasteiger partial charge in [0, 0.05) is 29.9 Å². The van der Waals surface area contributed by atoms with Gasteiger partial charge in [-0.05, 0) is 144 Å². The summed E-state index contributed by atoms with van der Waals surface area (Å²) in [5.74, 6) is 1.54. The van der Waals surface area contributed by atoms with Gasteiger partial charge in [-0.15, -0.1) is 0 Å². The number of aryl methyl sites for hydroxylation is 1. The van der Waals surface area contributed by atoms with Crippen LogP contribution in [0.25, 0.3) is 33.4 Å². The van der Waals surface area contributed by atoms with Crippen LogP contribution in [0.4, 0.5) is 51.2 Å². The highest BCUT2D eigenvalue weighted by Crippen LogP contribution is 2.65. The lowest BCUT2D eigenvalue weighted by Crippen LogP contribution is -2.30. The molecule has 0 radical (unpaired) electrons. The molecule has 0 saturated carbocycles. The van der Waals surface area contributed by atoms with E-state index in [1.165, 1.54) is 38.9 Å². The summed E-state index contributed by atoms with van der Waals surface area (Å²) in [5, 5.41) is 0. The largest absolute Gasteiger partial charge is 0.489 e. The average Bonchev–Trinajstić information content (AvgIpc) is 3.60. The molecule has 0 saturated heterocycles. The quantitative estimate of drug-likeness (QED) is 0.171. The molecule has 3 heterocycles. The van der Waals surface area contributed by atoms with Crippen LogP contribution in [-0.4, -0.2) is 13.2 Å². The Kier molecular flexibility index (Phi) is 11.5. The first-order valence-corrected chi connectivity index (χ1v) is 26.3. The first-order valence-electron chi connectivity index (χ1n) is 26.3. The summed E-state index contributed by atoms with van der Waals surface area (Å²) in [6, 6.07) is 60.2. The van der Waals surface area contributed by atoms with Crippen molar-refractivity contribution in [2.75, 3.05) is 27.9 Å². The van der Waals surface area contributed by atoms with Crippen molar-refractivity contribution >= 4 is 51.2 Å². The standard InChI is InChI=1S/C68H71N3O2/c1-43-35-60-64-61(36-43)70(55-38-48(45-17-24-51(25-18-45)66(5,6)7)37-49(39-55)46-19-26-52(27-20-46)67(8,9)10)57-40-47(44-15-22-50(23-16-44)65(2,3)4)21-32-56(57)71(64)59-42-63-62(72-33-14-34-73-63)41-58(59)69(60)54-30-28-53(29-31-54)68(11,12)13/h15-32,35-42H,14,33-34H2,1-13H3. The fourth-order valence-corrected chi connectivity index (χ4v) is 10.8. The Bertz CT molecular complexity index is 3320.